The summed E-state index contributed by atoms with van der Waals surface area (Å²) in [6.07, 6.45) is 5.38. The summed E-state index contributed by atoms with van der Waals surface area (Å²) in [5.41, 5.74) is 8.58. The van der Waals surface area contributed by atoms with Crippen LogP contribution in [0.1, 0.15) is 92.1 Å². The Morgan fingerprint density at radius 3 is 2.16 bits per heavy atom. The van der Waals surface area contributed by atoms with Crippen molar-refractivity contribution in [1.29, 1.82) is 0 Å². The number of aliphatic hydroxyl groups is 1. The molecule has 1 aliphatic heterocycles. The van der Waals surface area contributed by atoms with Crippen molar-refractivity contribution in [3.8, 4) is 0 Å². The van der Waals surface area contributed by atoms with Crippen molar-refractivity contribution in [2.45, 2.75) is 84.5 Å². The topological polar surface area (TPSA) is 170 Å². The number of aliphatic carboxylic acids is 1. The summed E-state index contributed by atoms with van der Waals surface area (Å²) in [5, 5.41) is 21.6. The molecule has 1 heterocycles. The van der Waals surface area contributed by atoms with Crippen molar-refractivity contribution in [2.24, 2.45) is 11.1 Å². The fourth-order valence-corrected chi connectivity index (χ4v) is 6.05. The Bertz CT molecular complexity index is 1730. The largest absolute Gasteiger partial charge is 0.479 e. The lowest BCUT2D eigenvalue weighted by atomic mass is 9.85. The molecule has 3 atom stereocenters. The zero-order chi connectivity index (χ0) is 37.3. The van der Waals surface area contributed by atoms with E-state index in [0.717, 1.165) is 24.8 Å². The number of amides is 4. The Morgan fingerprint density at radius 2 is 1.59 bits per heavy atom. The Kier molecular flexibility index (Phi) is 12.9. The van der Waals surface area contributed by atoms with E-state index in [9.17, 15) is 29.1 Å². The minimum Gasteiger partial charge on any atom is -0.479 e. The molecule has 4 rings (SSSR count). The number of carboxylic acids is 1. The standard InChI is InChI=1S/C40H48N4O7/c1-5-6-8-26-10-12-28(13-11-26)25-44(31-21-19-30(20-22-31)36(41)47)37(48)32-9-7-24-43(32)38(49)35(40(2,3)4)42-33(45)23-16-27-14-17-29(18-15-27)34(46)39(50)51/h10-23,32,34-35,46H,5-9,24-25H2,1-4H3,(H2,41,47)(H,42,45)(H,50,51)/b23-16+. The fourth-order valence-electron chi connectivity index (χ4n) is 6.05. The van der Waals surface area contributed by atoms with E-state index < -0.39 is 41.4 Å². The second-order valence-corrected chi connectivity index (χ2v) is 14.0. The van der Waals surface area contributed by atoms with Gasteiger partial charge in [-0.3, -0.25) is 19.2 Å². The van der Waals surface area contributed by atoms with Gasteiger partial charge < -0.3 is 31.1 Å². The molecule has 3 aromatic rings. The Morgan fingerprint density at radius 1 is 0.961 bits per heavy atom. The van der Waals surface area contributed by atoms with Gasteiger partial charge in [0, 0.05) is 23.9 Å². The van der Waals surface area contributed by atoms with Crippen LogP contribution in [0.5, 0.6) is 0 Å². The van der Waals surface area contributed by atoms with Crippen molar-refractivity contribution in [3.05, 3.63) is 107 Å². The monoisotopic (exact) mass is 696 g/mol. The van der Waals surface area contributed by atoms with E-state index in [-0.39, 0.29) is 23.9 Å². The molecule has 1 fully saturated rings. The van der Waals surface area contributed by atoms with Gasteiger partial charge in [-0.05, 0) is 83.7 Å². The zero-order valence-corrected chi connectivity index (χ0v) is 29.7. The molecule has 51 heavy (non-hydrogen) atoms. The minimum atomic E-state index is -1.65. The third kappa shape index (κ3) is 10.1. The highest BCUT2D eigenvalue weighted by atomic mass is 16.4. The number of hydrogen-bond donors (Lipinski definition) is 4. The van der Waals surface area contributed by atoms with Crippen LogP contribution in [0.4, 0.5) is 5.69 Å². The summed E-state index contributed by atoms with van der Waals surface area (Å²) in [6.45, 7) is 8.28. The number of aliphatic hydroxyl groups excluding tert-OH is 1. The smallest absolute Gasteiger partial charge is 0.337 e. The highest BCUT2D eigenvalue weighted by Gasteiger charge is 2.43. The molecule has 1 saturated heterocycles. The highest BCUT2D eigenvalue weighted by molar-refractivity contribution is 6.02. The van der Waals surface area contributed by atoms with Gasteiger partial charge in [-0.25, -0.2) is 4.79 Å². The maximum Gasteiger partial charge on any atom is 0.337 e. The van der Waals surface area contributed by atoms with E-state index in [0.29, 0.717) is 36.2 Å². The van der Waals surface area contributed by atoms with Crippen LogP contribution in [0.2, 0.25) is 0 Å². The van der Waals surface area contributed by atoms with Crippen molar-refractivity contribution in [2.75, 3.05) is 11.4 Å². The number of likely N-dealkylation sites (tertiary alicyclic amines) is 1. The van der Waals surface area contributed by atoms with Gasteiger partial charge in [0.2, 0.25) is 23.6 Å². The van der Waals surface area contributed by atoms with E-state index in [1.165, 1.54) is 29.8 Å². The number of aryl methyl sites for hydroxylation is 1. The first-order valence-corrected chi connectivity index (χ1v) is 17.3. The number of anilines is 1. The van der Waals surface area contributed by atoms with E-state index in [4.69, 9.17) is 10.8 Å². The molecule has 270 valence electrons. The number of hydrogen-bond acceptors (Lipinski definition) is 6. The van der Waals surface area contributed by atoms with Crippen LogP contribution in [0.25, 0.3) is 6.08 Å². The molecule has 0 spiro atoms. The number of nitrogens with one attached hydrogen (secondary N) is 1. The molecule has 3 unspecified atom stereocenters. The summed E-state index contributed by atoms with van der Waals surface area (Å²) >= 11 is 0. The molecule has 0 aliphatic carbocycles. The quantitative estimate of drug-likeness (QED) is 0.172. The number of nitrogens with zero attached hydrogens (tertiary/aromatic N) is 2. The summed E-state index contributed by atoms with van der Waals surface area (Å²) in [6, 6.07) is 19.0. The second-order valence-electron chi connectivity index (χ2n) is 14.0. The normalized spacial score (nSPS) is 15.7. The van der Waals surface area contributed by atoms with Crippen LogP contribution >= 0.6 is 0 Å². The van der Waals surface area contributed by atoms with Gasteiger partial charge in [0.15, 0.2) is 6.10 Å². The van der Waals surface area contributed by atoms with Crippen LogP contribution in [-0.4, -0.2) is 63.3 Å². The molecular weight excluding hydrogens is 648 g/mol. The first kappa shape index (κ1) is 38.5. The van der Waals surface area contributed by atoms with Crippen molar-refractivity contribution < 1.29 is 34.2 Å². The number of unbranched alkanes of at least 4 members (excludes halogenated alkanes) is 1. The fraction of sp³-hybridized carbons (Fsp3) is 0.375. The molecule has 5 N–H and O–H groups in total. The molecule has 0 aromatic heterocycles. The first-order chi connectivity index (χ1) is 24.2. The van der Waals surface area contributed by atoms with Crippen LogP contribution < -0.4 is 16.0 Å². The number of carboxylic acid groups (broad SMARTS) is 1. The molecule has 0 saturated carbocycles. The first-order valence-electron chi connectivity index (χ1n) is 17.3. The maximum absolute atomic E-state index is 14.4. The number of benzene rings is 3. The lowest BCUT2D eigenvalue weighted by molar-refractivity contribution is -0.147. The van der Waals surface area contributed by atoms with Gasteiger partial charge in [0.25, 0.3) is 0 Å². The number of carbonyl (C=O) groups excluding carboxylic acids is 4. The van der Waals surface area contributed by atoms with Crippen molar-refractivity contribution in [1.82, 2.24) is 10.2 Å². The van der Waals surface area contributed by atoms with Crippen LogP contribution in [0, 0.1) is 5.41 Å². The Balaban J connectivity index is 1.55. The second kappa shape index (κ2) is 17.1. The van der Waals surface area contributed by atoms with Crippen molar-refractivity contribution in [3.63, 3.8) is 0 Å². The van der Waals surface area contributed by atoms with Crippen molar-refractivity contribution >= 4 is 41.4 Å². The minimum absolute atomic E-state index is 0.207. The Labute approximate surface area is 299 Å². The SMILES string of the molecule is CCCCc1ccc(CN(C(=O)C2CCCN2C(=O)C(NC(=O)/C=C/c2ccc(C(O)C(=O)O)cc2)C(C)(C)C)c2ccc(C(N)=O)cc2)cc1. The molecule has 4 amide bonds. The molecule has 1 aliphatic rings. The van der Waals surface area contributed by atoms with Gasteiger partial charge in [0.1, 0.15) is 12.1 Å². The number of carbonyl (C=O) groups is 5. The van der Waals surface area contributed by atoms with Crippen LogP contribution in [0.3, 0.4) is 0 Å². The predicted octanol–water partition coefficient (Wildman–Crippen LogP) is 5.01. The lowest BCUT2D eigenvalue weighted by Gasteiger charge is -2.36. The highest BCUT2D eigenvalue weighted by Crippen LogP contribution is 2.29. The van der Waals surface area contributed by atoms with E-state index in [1.54, 1.807) is 46.2 Å². The predicted molar refractivity (Wildman–Crippen MR) is 195 cm³/mol. The molecule has 0 bridgehead atoms. The van der Waals surface area contributed by atoms with Gasteiger partial charge in [-0.15, -0.1) is 0 Å². The molecule has 0 radical (unpaired) electrons. The van der Waals surface area contributed by atoms with E-state index in [2.05, 4.69) is 24.4 Å². The summed E-state index contributed by atoms with van der Waals surface area (Å²) < 4.78 is 0. The molecule has 3 aromatic carbocycles. The van der Waals surface area contributed by atoms with Gasteiger partial charge in [-0.1, -0.05) is 82.6 Å². The molecular formula is C40H48N4O7. The van der Waals surface area contributed by atoms with Crippen LogP contribution in [-0.2, 0) is 32.1 Å². The summed E-state index contributed by atoms with van der Waals surface area (Å²) in [5.74, 6) is -3.09. The summed E-state index contributed by atoms with van der Waals surface area (Å²) in [4.78, 5) is 67.8. The average molecular weight is 697 g/mol. The van der Waals surface area contributed by atoms with Gasteiger partial charge in [0.05, 0.1) is 6.54 Å². The van der Waals surface area contributed by atoms with Crippen LogP contribution in [0.15, 0.2) is 78.9 Å². The third-order valence-corrected chi connectivity index (χ3v) is 9.05. The van der Waals surface area contributed by atoms with E-state index in [1.807, 2.05) is 32.9 Å². The Hall–Kier alpha value is -5.29. The van der Waals surface area contributed by atoms with Gasteiger partial charge in [-0.2, -0.15) is 0 Å². The van der Waals surface area contributed by atoms with Gasteiger partial charge >= 0.3 is 5.97 Å². The molecule has 11 nitrogen and oxygen atoms in total. The number of rotatable bonds is 14. The number of nitrogens with two attached hydrogens (primary N) is 1. The lowest BCUT2D eigenvalue weighted by Crippen LogP contribution is -2.57. The average Bonchev–Trinajstić information content (AvgIpc) is 3.61. The van der Waals surface area contributed by atoms with E-state index >= 15 is 0 Å². The third-order valence-electron chi connectivity index (χ3n) is 9.05. The number of primary amides is 1. The zero-order valence-electron chi connectivity index (χ0n) is 29.7. The maximum atomic E-state index is 14.4. The summed E-state index contributed by atoms with van der Waals surface area (Å²) in [7, 11) is 0. The molecule has 11 heteroatoms.